The zero-order chi connectivity index (χ0) is 15.2. The number of nitrogens with one attached hydrogen (secondary N) is 2. The van der Waals surface area contributed by atoms with Gasteiger partial charge in [-0.15, -0.1) is 0 Å². The van der Waals surface area contributed by atoms with Gasteiger partial charge in [-0.25, -0.2) is 14.8 Å². The van der Waals surface area contributed by atoms with Crippen molar-refractivity contribution in [3.63, 3.8) is 0 Å². The number of piperidine rings is 1. The molecule has 7 heteroatoms. The van der Waals surface area contributed by atoms with E-state index in [4.69, 9.17) is 4.42 Å². The molecule has 116 valence electrons. The van der Waals surface area contributed by atoms with Crippen LogP contribution in [0.2, 0.25) is 0 Å². The highest BCUT2D eigenvalue weighted by atomic mass is 16.3. The standard InChI is InChI=1S/C15H19N5O2/c21-15(18-11-13-3-1-10-22-13)19-12-4-8-20(9-5-12)14-16-6-2-7-17-14/h1-3,6-7,10,12H,4-5,8-9,11H2,(H2,18,19,21). The number of aromatic nitrogens is 2. The van der Waals surface area contributed by atoms with E-state index in [1.54, 1.807) is 30.8 Å². The maximum Gasteiger partial charge on any atom is 0.315 e. The number of amides is 2. The molecule has 0 saturated carbocycles. The number of furan rings is 1. The molecule has 3 rings (SSSR count). The lowest BCUT2D eigenvalue weighted by Crippen LogP contribution is -2.48. The van der Waals surface area contributed by atoms with Gasteiger partial charge in [0.2, 0.25) is 5.95 Å². The van der Waals surface area contributed by atoms with Gasteiger partial charge in [0.05, 0.1) is 12.8 Å². The van der Waals surface area contributed by atoms with Gasteiger partial charge in [0.15, 0.2) is 0 Å². The SMILES string of the molecule is O=C(NCc1ccco1)NC1CCN(c2ncccn2)CC1. The number of nitrogens with zero attached hydrogens (tertiary/aromatic N) is 3. The molecular formula is C15H19N5O2. The Labute approximate surface area is 128 Å². The fourth-order valence-electron chi connectivity index (χ4n) is 2.50. The Balaban J connectivity index is 1.41. The second kappa shape index (κ2) is 6.93. The van der Waals surface area contributed by atoms with Crippen molar-refractivity contribution in [1.82, 2.24) is 20.6 Å². The molecule has 1 aliphatic heterocycles. The molecule has 1 fully saturated rings. The number of carbonyl (C=O) groups excluding carboxylic acids is 1. The maximum atomic E-state index is 11.9. The molecule has 2 aromatic heterocycles. The van der Waals surface area contributed by atoms with Crippen LogP contribution in [0, 0.1) is 0 Å². The minimum absolute atomic E-state index is 0.161. The first kappa shape index (κ1) is 14.4. The number of carbonyl (C=O) groups is 1. The van der Waals surface area contributed by atoms with Gasteiger partial charge < -0.3 is 20.0 Å². The maximum absolute atomic E-state index is 11.9. The summed E-state index contributed by atoms with van der Waals surface area (Å²) in [5.74, 6) is 1.49. The zero-order valence-electron chi connectivity index (χ0n) is 12.2. The van der Waals surface area contributed by atoms with E-state index < -0.39 is 0 Å². The van der Waals surface area contributed by atoms with E-state index >= 15 is 0 Å². The first-order valence-corrected chi connectivity index (χ1v) is 7.40. The van der Waals surface area contributed by atoms with Crippen molar-refractivity contribution in [3.8, 4) is 0 Å². The summed E-state index contributed by atoms with van der Waals surface area (Å²) < 4.78 is 5.17. The molecule has 0 aliphatic carbocycles. The van der Waals surface area contributed by atoms with Crippen molar-refractivity contribution in [2.45, 2.75) is 25.4 Å². The van der Waals surface area contributed by atoms with Gasteiger partial charge in [0.1, 0.15) is 5.76 Å². The summed E-state index contributed by atoms with van der Waals surface area (Å²) in [5, 5.41) is 5.79. The highest BCUT2D eigenvalue weighted by Crippen LogP contribution is 2.15. The fraction of sp³-hybridized carbons (Fsp3) is 0.400. The summed E-state index contributed by atoms with van der Waals surface area (Å²) in [6, 6.07) is 5.46. The topological polar surface area (TPSA) is 83.3 Å². The van der Waals surface area contributed by atoms with E-state index in [2.05, 4.69) is 25.5 Å². The van der Waals surface area contributed by atoms with E-state index in [0.717, 1.165) is 37.6 Å². The number of urea groups is 1. The quantitative estimate of drug-likeness (QED) is 0.895. The number of hydrogen-bond donors (Lipinski definition) is 2. The molecule has 0 spiro atoms. The van der Waals surface area contributed by atoms with Crippen LogP contribution in [0.3, 0.4) is 0 Å². The molecule has 0 radical (unpaired) electrons. The average Bonchev–Trinajstić information content (AvgIpc) is 3.08. The molecule has 22 heavy (non-hydrogen) atoms. The Hall–Kier alpha value is -2.57. The molecule has 3 heterocycles. The second-order valence-electron chi connectivity index (χ2n) is 5.22. The normalized spacial score (nSPS) is 15.5. The first-order chi connectivity index (χ1) is 10.8. The van der Waals surface area contributed by atoms with Gasteiger partial charge in [-0.3, -0.25) is 0 Å². The Morgan fingerprint density at radius 3 is 2.73 bits per heavy atom. The van der Waals surface area contributed by atoms with Crippen LogP contribution >= 0.6 is 0 Å². The highest BCUT2D eigenvalue weighted by molar-refractivity contribution is 5.74. The van der Waals surface area contributed by atoms with E-state index in [-0.39, 0.29) is 12.1 Å². The van der Waals surface area contributed by atoms with E-state index in [0.29, 0.717) is 6.54 Å². The Morgan fingerprint density at radius 2 is 2.05 bits per heavy atom. The molecule has 1 saturated heterocycles. The van der Waals surface area contributed by atoms with Crippen molar-refractivity contribution in [1.29, 1.82) is 0 Å². The van der Waals surface area contributed by atoms with Crippen LogP contribution in [-0.4, -0.2) is 35.1 Å². The largest absolute Gasteiger partial charge is 0.467 e. The minimum Gasteiger partial charge on any atom is -0.467 e. The van der Waals surface area contributed by atoms with E-state index in [1.165, 1.54) is 0 Å². The lowest BCUT2D eigenvalue weighted by molar-refractivity contribution is 0.233. The number of rotatable bonds is 4. The van der Waals surface area contributed by atoms with Crippen molar-refractivity contribution in [2.24, 2.45) is 0 Å². The predicted octanol–water partition coefficient (Wildman–Crippen LogP) is 1.54. The van der Waals surface area contributed by atoms with Gasteiger partial charge in [-0.1, -0.05) is 0 Å². The second-order valence-corrected chi connectivity index (χ2v) is 5.22. The van der Waals surface area contributed by atoms with Crippen LogP contribution < -0.4 is 15.5 Å². The zero-order valence-corrected chi connectivity index (χ0v) is 12.2. The van der Waals surface area contributed by atoms with Crippen LogP contribution in [0.4, 0.5) is 10.7 Å². The Morgan fingerprint density at radius 1 is 1.27 bits per heavy atom. The average molecular weight is 301 g/mol. The van der Waals surface area contributed by atoms with Crippen molar-refractivity contribution in [3.05, 3.63) is 42.6 Å². The summed E-state index contributed by atoms with van der Waals surface area (Å²) >= 11 is 0. The third kappa shape index (κ3) is 3.75. The smallest absolute Gasteiger partial charge is 0.315 e. The van der Waals surface area contributed by atoms with Crippen LogP contribution in [0.1, 0.15) is 18.6 Å². The van der Waals surface area contributed by atoms with Crippen molar-refractivity contribution < 1.29 is 9.21 Å². The van der Waals surface area contributed by atoms with Gasteiger partial charge >= 0.3 is 6.03 Å². The minimum atomic E-state index is -0.161. The molecule has 0 bridgehead atoms. The number of hydrogen-bond acceptors (Lipinski definition) is 5. The first-order valence-electron chi connectivity index (χ1n) is 7.40. The Kier molecular flexibility index (Phi) is 4.53. The third-order valence-corrected chi connectivity index (χ3v) is 3.67. The molecule has 0 unspecified atom stereocenters. The summed E-state index contributed by atoms with van der Waals surface area (Å²) in [7, 11) is 0. The lowest BCUT2D eigenvalue weighted by atomic mass is 10.1. The van der Waals surface area contributed by atoms with Crippen molar-refractivity contribution >= 4 is 12.0 Å². The number of anilines is 1. The molecule has 2 amide bonds. The van der Waals surface area contributed by atoms with Gasteiger partial charge in [-0.2, -0.15) is 0 Å². The molecule has 2 aromatic rings. The predicted molar refractivity (Wildman–Crippen MR) is 81.3 cm³/mol. The Bertz CT molecular complexity index is 579. The summed E-state index contributed by atoms with van der Waals surface area (Å²) in [5.41, 5.74) is 0. The van der Waals surface area contributed by atoms with Gasteiger partial charge in [0, 0.05) is 31.5 Å². The lowest BCUT2D eigenvalue weighted by Gasteiger charge is -2.32. The molecule has 0 atom stereocenters. The fourth-order valence-corrected chi connectivity index (χ4v) is 2.50. The highest BCUT2D eigenvalue weighted by Gasteiger charge is 2.21. The molecule has 1 aliphatic rings. The summed E-state index contributed by atoms with van der Waals surface area (Å²) in [4.78, 5) is 22.5. The van der Waals surface area contributed by atoms with Crippen LogP contribution in [0.5, 0.6) is 0 Å². The molecular weight excluding hydrogens is 282 g/mol. The van der Waals surface area contributed by atoms with Crippen LogP contribution in [0.15, 0.2) is 41.3 Å². The van der Waals surface area contributed by atoms with Crippen molar-refractivity contribution in [2.75, 3.05) is 18.0 Å². The molecule has 7 nitrogen and oxygen atoms in total. The van der Waals surface area contributed by atoms with E-state index in [9.17, 15) is 4.79 Å². The van der Waals surface area contributed by atoms with Crippen LogP contribution in [-0.2, 0) is 6.54 Å². The van der Waals surface area contributed by atoms with Gasteiger partial charge in [-0.05, 0) is 31.0 Å². The molecule has 0 aromatic carbocycles. The van der Waals surface area contributed by atoms with Gasteiger partial charge in [0.25, 0.3) is 0 Å². The summed E-state index contributed by atoms with van der Waals surface area (Å²) in [6.45, 7) is 2.08. The summed E-state index contributed by atoms with van der Waals surface area (Å²) in [6.07, 6.45) is 6.85. The monoisotopic (exact) mass is 301 g/mol. The van der Waals surface area contributed by atoms with Crippen LogP contribution in [0.25, 0.3) is 0 Å². The third-order valence-electron chi connectivity index (χ3n) is 3.67. The molecule has 2 N–H and O–H groups in total. The van der Waals surface area contributed by atoms with E-state index in [1.807, 2.05) is 6.07 Å².